The first-order valence-corrected chi connectivity index (χ1v) is 9.64. The van der Waals surface area contributed by atoms with E-state index in [1.54, 1.807) is 12.1 Å². The second-order valence-electron chi connectivity index (χ2n) is 6.05. The first-order chi connectivity index (χ1) is 13.6. The normalized spacial score (nSPS) is 11.7. The molecule has 28 heavy (non-hydrogen) atoms. The number of hydrogen-bond acceptors (Lipinski definition) is 6. The van der Waals surface area contributed by atoms with E-state index in [2.05, 4.69) is 22.6 Å². The van der Waals surface area contributed by atoms with Crippen molar-refractivity contribution in [2.75, 3.05) is 0 Å². The van der Waals surface area contributed by atoms with Gasteiger partial charge in [0.15, 0.2) is 0 Å². The molecule has 0 aliphatic carbocycles. The van der Waals surface area contributed by atoms with Crippen LogP contribution in [0.15, 0.2) is 71.3 Å². The van der Waals surface area contributed by atoms with Crippen LogP contribution in [0.5, 0.6) is 0 Å². The number of nitrogens with one attached hydrogen (secondary N) is 1. The Balaban J connectivity index is 1.82. The number of benzene rings is 2. The van der Waals surface area contributed by atoms with Crippen molar-refractivity contribution in [3.8, 4) is 10.6 Å². The van der Waals surface area contributed by atoms with E-state index in [4.69, 9.17) is 11.1 Å². The number of fused-ring (bicyclic) bond motifs is 1. The van der Waals surface area contributed by atoms with Crippen LogP contribution in [0.2, 0.25) is 0 Å². The number of thiophene rings is 1. The average molecular weight is 407 g/mol. The van der Waals surface area contributed by atoms with Gasteiger partial charge < -0.3 is 5.73 Å². The minimum Gasteiger partial charge on any atom is -0.404 e. The first-order valence-electron chi connectivity index (χ1n) is 8.38. The topological polar surface area (TPSA) is 75.7 Å². The molecule has 0 fully saturated rings. The van der Waals surface area contributed by atoms with Crippen molar-refractivity contribution in [3.05, 3.63) is 84.1 Å². The minimum atomic E-state index is -0.346. The lowest BCUT2D eigenvalue weighted by Gasteiger charge is -2.11. The van der Waals surface area contributed by atoms with E-state index in [0.29, 0.717) is 11.1 Å². The summed E-state index contributed by atoms with van der Waals surface area (Å²) in [6, 6.07) is 15.4. The second kappa shape index (κ2) is 7.53. The Hall–Kier alpha value is -3.03. The molecule has 0 saturated heterocycles. The highest BCUT2D eigenvalue weighted by Gasteiger charge is 2.14. The van der Waals surface area contributed by atoms with Gasteiger partial charge in [-0.25, -0.2) is 14.4 Å². The van der Waals surface area contributed by atoms with E-state index in [-0.39, 0.29) is 11.5 Å². The quantitative estimate of drug-likeness (QED) is 0.324. The summed E-state index contributed by atoms with van der Waals surface area (Å²) in [5.74, 6) is -0.346. The molecule has 138 valence electrons. The third-order valence-electron chi connectivity index (χ3n) is 4.34. The number of aromatic nitrogens is 2. The highest BCUT2D eigenvalue weighted by atomic mass is 32.2. The summed E-state index contributed by atoms with van der Waals surface area (Å²) in [5.41, 5.74) is 9.57. The van der Waals surface area contributed by atoms with Crippen molar-refractivity contribution in [1.82, 2.24) is 9.97 Å². The lowest BCUT2D eigenvalue weighted by Crippen LogP contribution is -2.05. The molecule has 0 atom stereocenters. The van der Waals surface area contributed by atoms with E-state index in [1.165, 1.54) is 36.0 Å². The molecule has 0 saturated carbocycles. The van der Waals surface area contributed by atoms with E-state index in [0.717, 1.165) is 31.2 Å². The number of halogens is 1. The van der Waals surface area contributed by atoms with Gasteiger partial charge >= 0.3 is 0 Å². The Morgan fingerprint density at radius 3 is 2.46 bits per heavy atom. The first kappa shape index (κ1) is 18.3. The number of thiol groups is 1. The summed E-state index contributed by atoms with van der Waals surface area (Å²) in [4.78, 5) is 9.78. The van der Waals surface area contributed by atoms with Crippen LogP contribution in [0.4, 0.5) is 4.39 Å². The lowest BCUT2D eigenvalue weighted by atomic mass is 9.95. The molecule has 0 amide bonds. The lowest BCUT2D eigenvalue weighted by molar-refractivity contribution is 0.628. The molecule has 0 unspecified atom stereocenters. The third-order valence-corrected chi connectivity index (χ3v) is 5.66. The fraction of sp³-hybridized carbons (Fsp3) is 0. The predicted octanol–water partition coefficient (Wildman–Crippen LogP) is 5.15. The predicted molar refractivity (Wildman–Crippen MR) is 115 cm³/mol. The van der Waals surface area contributed by atoms with Gasteiger partial charge in [-0.05, 0) is 54.1 Å². The molecule has 4 rings (SSSR count). The summed E-state index contributed by atoms with van der Waals surface area (Å²) in [7, 11) is 0. The minimum absolute atomic E-state index is 0.217. The highest BCUT2D eigenvalue weighted by molar-refractivity contribution is 7.83. The van der Waals surface area contributed by atoms with Crippen LogP contribution in [0.25, 0.3) is 27.0 Å². The maximum atomic E-state index is 13.2. The van der Waals surface area contributed by atoms with E-state index in [1.807, 2.05) is 30.3 Å². The fourth-order valence-corrected chi connectivity index (χ4v) is 4.10. The third kappa shape index (κ3) is 3.42. The summed E-state index contributed by atoms with van der Waals surface area (Å²) < 4.78 is 14.1. The molecular weight excluding hydrogens is 391 g/mol. The molecule has 4 nitrogen and oxygen atoms in total. The zero-order valence-corrected chi connectivity index (χ0v) is 16.3. The van der Waals surface area contributed by atoms with Crippen LogP contribution in [0.1, 0.15) is 11.1 Å². The van der Waals surface area contributed by atoms with E-state index >= 15 is 0 Å². The van der Waals surface area contributed by atoms with Crippen LogP contribution in [0.3, 0.4) is 0 Å². The van der Waals surface area contributed by atoms with Crippen molar-refractivity contribution in [2.45, 2.75) is 4.21 Å². The van der Waals surface area contributed by atoms with Gasteiger partial charge in [-0.3, -0.25) is 5.41 Å². The Morgan fingerprint density at radius 1 is 1.04 bits per heavy atom. The van der Waals surface area contributed by atoms with Crippen molar-refractivity contribution >= 4 is 46.2 Å². The van der Waals surface area contributed by atoms with E-state index in [9.17, 15) is 4.39 Å². The molecule has 3 N–H and O–H groups in total. The molecule has 7 heteroatoms. The number of nitrogens with two attached hydrogens (primary N) is 1. The van der Waals surface area contributed by atoms with Crippen LogP contribution >= 0.6 is 24.0 Å². The van der Waals surface area contributed by atoms with Crippen LogP contribution < -0.4 is 5.73 Å². The van der Waals surface area contributed by atoms with Crippen molar-refractivity contribution in [3.63, 3.8) is 0 Å². The number of nitrogens with zero attached hydrogens (tertiary/aromatic N) is 2. The highest BCUT2D eigenvalue weighted by Crippen LogP contribution is 2.34. The van der Waals surface area contributed by atoms with E-state index < -0.39 is 0 Å². The van der Waals surface area contributed by atoms with Crippen LogP contribution in [-0.2, 0) is 0 Å². The number of hydrogen-bond donors (Lipinski definition) is 3. The molecule has 0 spiro atoms. The largest absolute Gasteiger partial charge is 0.404 e. The molecule has 4 aromatic rings. The van der Waals surface area contributed by atoms with Crippen LogP contribution in [0, 0.1) is 11.2 Å². The number of rotatable bonds is 4. The fourth-order valence-electron chi connectivity index (χ4n) is 2.97. The summed E-state index contributed by atoms with van der Waals surface area (Å²) in [6.07, 6.45) is 2.93. The van der Waals surface area contributed by atoms with Gasteiger partial charge in [0.1, 0.15) is 12.1 Å². The summed E-state index contributed by atoms with van der Waals surface area (Å²) in [6.45, 7) is 0. The smallest absolute Gasteiger partial charge is 0.123 e. The molecule has 2 aromatic heterocycles. The maximum Gasteiger partial charge on any atom is 0.123 e. The molecule has 2 heterocycles. The Labute approximate surface area is 170 Å². The van der Waals surface area contributed by atoms with Gasteiger partial charge in [-0.15, -0.1) is 24.0 Å². The SMILES string of the molecule is N=C(/C(=C\N)c1ccc2ncnc(-c3ccc(S)s3)c2c1)c1ccc(F)cc1. The molecule has 2 aromatic carbocycles. The summed E-state index contributed by atoms with van der Waals surface area (Å²) >= 11 is 5.92. The standard InChI is InChI=1S/C21H15FN4S2/c22-14-4-1-12(2-5-14)20(24)16(10-23)13-3-6-17-15(9-13)21(26-11-25-17)18-7-8-19(27)28-18/h1-11,24,27H,23H2/b16-10-,24-20?. The van der Waals surface area contributed by atoms with Crippen molar-refractivity contribution < 1.29 is 4.39 Å². The Bertz CT molecular complexity index is 1210. The zero-order valence-electron chi connectivity index (χ0n) is 14.6. The van der Waals surface area contributed by atoms with Crippen LogP contribution in [-0.4, -0.2) is 15.7 Å². The molecule has 0 aliphatic rings. The Kier molecular flexibility index (Phi) is 4.93. The molecule has 0 aliphatic heterocycles. The molecule has 0 radical (unpaired) electrons. The maximum absolute atomic E-state index is 13.2. The average Bonchev–Trinajstić information content (AvgIpc) is 3.14. The Morgan fingerprint density at radius 2 is 1.79 bits per heavy atom. The molecular formula is C21H15FN4S2. The van der Waals surface area contributed by atoms with Crippen molar-refractivity contribution in [1.29, 1.82) is 5.41 Å². The van der Waals surface area contributed by atoms with Crippen molar-refractivity contribution in [2.24, 2.45) is 5.73 Å². The zero-order chi connectivity index (χ0) is 19.7. The van der Waals surface area contributed by atoms with Gasteiger partial charge in [0.25, 0.3) is 0 Å². The van der Waals surface area contributed by atoms with Gasteiger partial charge in [-0.1, -0.05) is 6.07 Å². The van der Waals surface area contributed by atoms with Gasteiger partial charge in [0, 0.05) is 22.7 Å². The number of allylic oxidation sites excluding steroid dienone is 1. The second-order valence-corrected chi connectivity index (χ2v) is 7.92. The monoisotopic (exact) mass is 406 g/mol. The molecule has 0 bridgehead atoms. The van der Waals surface area contributed by atoms with Gasteiger partial charge in [-0.2, -0.15) is 0 Å². The summed E-state index contributed by atoms with van der Waals surface area (Å²) in [5, 5.41) is 9.38. The van der Waals surface area contributed by atoms with Gasteiger partial charge in [0.05, 0.1) is 26.0 Å². The van der Waals surface area contributed by atoms with Gasteiger partial charge in [0.2, 0.25) is 0 Å².